The first-order valence-corrected chi connectivity index (χ1v) is 37.1. The number of aromatic hydroxyl groups is 1. The summed E-state index contributed by atoms with van der Waals surface area (Å²) in [6, 6.07) is 72.9. The SMILES string of the molecule is C=CC(=O)NC(C)c1cccc2ccccc12.C=CC(=O)NCCc1cccc2ccccc12.C=CC(=O)Oc1ccc(N(C)C)c2ccccc12.C=CC(=O)Oc1ccc2cc(CC(C)=O)ccc2c1.C=CC(=O)Oc1ccc2cc(O)ccc2c1.C=CC(=O)Oc1ccc2cc(O[Si](C)(C)OC)ccc2c1. The number of nitrogens with zero attached hydrogens (tertiary/aromatic N) is 1. The molecule has 550 valence electrons. The summed E-state index contributed by atoms with van der Waals surface area (Å²) in [5.41, 5.74) is 4.45. The van der Waals surface area contributed by atoms with Gasteiger partial charge in [-0.1, -0.05) is 197 Å². The van der Waals surface area contributed by atoms with Crippen LogP contribution in [0, 0.1) is 0 Å². The van der Waals surface area contributed by atoms with E-state index in [2.05, 4.69) is 92.6 Å². The van der Waals surface area contributed by atoms with E-state index in [0.717, 1.165) is 96.4 Å². The molecule has 2 amide bonds. The van der Waals surface area contributed by atoms with Gasteiger partial charge in [0.2, 0.25) is 11.8 Å². The molecule has 108 heavy (non-hydrogen) atoms. The Morgan fingerprint density at radius 1 is 0.454 bits per heavy atom. The summed E-state index contributed by atoms with van der Waals surface area (Å²) in [5.74, 6) is 0.964. The van der Waals surface area contributed by atoms with Gasteiger partial charge in [0.25, 0.3) is 0 Å². The van der Waals surface area contributed by atoms with Crippen molar-refractivity contribution in [1.82, 2.24) is 10.6 Å². The average molecular weight is 1460 g/mol. The van der Waals surface area contributed by atoms with E-state index in [-0.39, 0.29) is 29.4 Å². The number of rotatable bonds is 21. The minimum absolute atomic E-state index is 0.0217. The Bertz CT molecular complexity index is 5290. The van der Waals surface area contributed by atoms with Gasteiger partial charge in [0, 0.05) is 74.9 Å². The monoisotopic (exact) mass is 1460 g/mol. The molecule has 0 aliphatic carbocycles. The molecule has 0 bridgehead atoms. The van der Waals surface area contributed by atoms with Gasteiger partial charge in [-0.05, 0) is 189 Å². The van der Waals surface area contributed by atoms with Crippen LogP contribution >= 0.6 is 0 Å². The Balaban J connectivity index is 0.000000181. The zero-order valence-electron chi connectivity index (χ0n) is 61.5. The summed E-state index contributed by atoms with van der Waals surface area (Å²) in [6.07, 6.45) is 8.39. The van der Waals surface area contributed by atoms with Gasteiger partial charge >= 0.3 is 32.4 Å². The molecule has 0 fully saturated rings. The van der Waals surface area contributed by atoms with Crippen molar-refractivity contribution >= 4 is 120 Å². The minimum Gasteiger partial charge on any atom is -0.520 e. The second-order valence-corrected chi connectivity index (χ2v) is 28.1. The van der Waals surface area contributed by atoms with Crippen molar-refractivity contribution in [2.45, 2.75) is 45.8 Å². The third-order valence-corrected chi connectivity index (χ3v) is 17.9. The predicted molar refractivity (Wildman–Crippen MR) is 436 cm³/mol. The first-order valence-electron chi connectivity index (χ1n) is 34.2. The van der Waals surface area contributed by atoms with Gasteiger partial charge in [-0.3, -0.25) is 14.4 Å². The first-order chi connectivity index (χ1) is 51.9. The molecule has 12 aromatic rings. The number of anilines is 1. The number of carbonyl (C=O) groups is 7. The fourth-order valence-corrected chi connectivity index (χ4v) is 11.7. The van der Waals surface area contributed by atoms with E-state index in [1.807, 2.05) is 160 Å². The van der Waals surface area contributed by atoms with Crippen molar-refractivity contribution in [2.75, 3.05) is 32.6 Å². The second kappa shape index (κ2) is 40.7. The maximum Gasteiger partial charge on any atom is 0.392 e. The molecular formula is C90H87N3O14Si. The van der Waals surface area contributed by atoms with Crippen LogP contribution in [0.1, 0.15) is 36.6 Å². The highest BCUT2D eigenvalue weighted by atomic mass is 28.4. The zero-order chi connectivity index (χ0) is 78.3. The van der Waals surface area contributed by atoms with Gasteiger partial charge in [-0.2, -0.15) is 0 Å². The summed E-state index contributed by atoms with van der Waals surface area (Å²) >= 11 is 0. The Kier molecular flexibility index (Phi) is 30.9. The number of amides is 2. The van der Waals surface area contributed by atoms with E-state index >= 15 is 0 Å². The number of benzene rings is 12. The molecule has 3 N–H and O–H groups in total. The van der Waals surface area contributed by atoms with E-state index in [9.17, 15) is 38.7 Å². The number of phenols is 1. The van der Waals surface area contributed by atoms with Crippen LogP contribution in [0.3, 0.4) is 0 Å². The van der Waals surface area contributed by atoms with Crippen molar-refractivity contribution in [3.05, 3.63) is 323 Å². The molecular weight excluding hydrogens is 1380 g/mol. The topological polar surface area (TPSA) is 222 Å². The van der Waals surface area contributed by atoms with E-state index in [1.165, 1.54) is 39.3 Å². The van der Waals surface area contributed by atoms with Crippen LogP contribution in [0.4, 0.5) is 5.69 Å². The number of ether oxygens (including phenoxy) is 4. The minimum atomic E-state index is -2.12. The van der Waals surface area contributed by atoms with E-state index in [4.69, 9.17) is 27.8 Å². The lowest BCUT2D eigenvalue weighted by Gasteiger charge is -2.21. The highest BCUT2D eigenvalue weighted by Gasteiger charge is 2.25. The van der Waals surface area contributed by atoms with Crippen LogP contribution in [0.5, 0.6) is 34.5 Å². The molecule has 12 rings (SSSR count). The maximum absolute atomic E-state index is 11.3. The number of nitrogens with one attached hydrogen (secondary N) is 2. The molecule has 17 nitrogen and oxygen atoms in total. The van der Waals surface area contributed by atoms with Crippen molar-refractivity contribution in [3.63, 3.8) is 0 Å². The average Bonchev–Trinajstić information content (AvgIpc) is 0.807. The quantitative estimate of drug-likeness (QED) is 0.0263. The van der Waals surface area contributed by atoms with Gasteiger partial charge in [-0.25, -0.2) is 19.2 Å². The van der Waals surface area contributed by atoms with Crippen LogP contribution in [0.25, 0.3) is 64.6 Å². The number of fused-ring (bicyclic) bond motifs is 6. The van der Waals surface area contributed by atoms with Gasteiger partial charge in [-0.15, -0.1) is 0 Å². The lowest BCUT2D eigenvalue weighted by Crippen LogP contribution is -2.36. The number of phenolic OH excluding ortho intramolecular Hbond substituents is 1. The molecule has 0 aliphatic rings. The van der Waals surface area contributed by atoms with Crippen molar-refractivity contribution in [1.29, 1.82) is 0 Å². The Hall–Kier alpha value is -13.3. The number of hydrogen-bond acceptors (Lipinski definition) is 15. The Labute approximate surface area is 630 Å². The molecule has 1 unspecified atom stereocenters. The van der Waals surface area contributed by atoms with Crippen LogP contribution < -0.4 is 38.9 Å². The zero-order valence-corrected chi connectivity index (χ0v) is 62.5. The van der Waals surface area contributed by atoms with Crippen molar-refractivity contribution in [2.24, 2.45) is 0 Å². The lowest BCUT2D eigenvalue weighted by molar-refractivity contribution is -0.129. The molecule has 0 aromatic heterocycles. The van der Waals surface area contributed by atoms with Gasteiger partial charge < -0.3 is 48.4 Å². The van der Waals surface area contributed by atoms with E-state index in [0.29, 0.717) is 36.0 Å². The second-order valence-electron chi connectivity index (χ2n) is 24.7. The molecule has 0 radical (unpaired) electrons. The number of Topliss-reactive ketones (excluding diaryl/α,β-unsaturated/α-hetero) is 1. The van der Waals surface area contributed by atoms with Gasteiger partial charge in [0.1, 0.15) is 40.3 Å². The molecule has 0 heterocycles. The summed E-state index contributed by atoms with van der Waals surface area (Å²) in [4.78, 5) is 80.0. The highest BCUT2D eigenvalue weighted by molar-refractivity contribution is 6.65. The summed E-state index contributed by atoms with van der Waals surface area (Å²) in [7, 11) is 3.50. The number of esters is 4. The van der Waals surface area contributed by atoms with Gasteiger partial charge in [0.15, 0.2) is 0 Å². The first kappa shape index (κ1) is 82.0. The molecule has 0 saturated carbocycles. The lowest BCUT2D eigenvalue weighted by atomic mass is 10.00. The molecule has 12 aromatic carbocycles. The predicted octanol–water partition coefficient (Wildman–Crippen LogP) is 18.2. The Morgan fingerprint density at radius 3 is 1.41 bits per heavy atom. The van der Waals surface area contributed by atoms with Crippen molar-refractivity contribution < 1.29 is 66.5 Å². The number of hydrogen-bond donors (Lipinski definition) is 3. The van der Waals surface area contributed by atoms with E-state index in [1.54, 1.807) is 80.8 Å². The van der Waals surface area contributed by atoms with Crippen LogP contribution in [0.2, 0.25) is 13.1 Å². The summed E-state index contributed by atoms with van der Waals surface area (Å²) in [5, 5.41) is 27.5. The van der Waals surface area contributed by atoms with Gasteiger partial charge in [0.05, 0.1) is 6.04 Å². The van der Waals surface area contributed by atoms with Crippen LogP contribution in [-0.4, -0.2) is 82.9 Å². The number of carbonyl (C=O) groups excluding carboxylic acids is 7. The molecule has 0 spiro atoms. The molecule has 0 saturated heterocycles. The molecule has 1 atom stereocenters. The number of ketones is 1. The highest BCUT2D eigenvalue weighted by Crippen LogP contribution is 2.34. The van der Waals surface area contributed by atoms with Crippen LogP contribution in [0.15, 0.2) is 306 Å². The summed E-state index contributed by atoms with van der Waals surface area (Å²) < 4.78 is 31.6. The largest absolute Gasteiger partial charge is 0.520 e. The third-order valence-electron chi connectivity index (χ3n) is 16.2. The fourth-order valence-electron chi connectivity index (χ4n) is 10.9. The third kappa shape index (κ3) is 25.0. The normalized spacial score (nSPS) is 10.6. The molecule has 18 heteroatoms. The molecule has 0 aliphatic heterocycles. The standard InChI is InChI=1S/C16H18O4Si.C16H14O3.C15H15NO2.2C15H15NO.C13H10O3/c1-5-16(17)19-14-8-6-13-11-15(9-7-12(13)10-14)20-21(3,4)18-2;1-3-16(18)19-15-7-6-13-9-12(8-11(2)17)4-5-14(13)10-15;1-4-15(17)18-14-10-9-13(16(2)3)11-7-5-6-8-12(11)14;1-3-15(17)16-11(2)13-10-6-8-12-7-4-5-9-14(12)13;1-2-15(17)16-11-10-13-8-5-7-12-6-3-4-9-14(12)13;1-2-13(15)16-12-6-4-9-7-11(14)5-3-10(9)8-12/h5-11H,1H2,2-4H3;3-7,9-10H,1,8H2,2H3;4-10H,1H2,2-3H3;3-11H,1H2,2H3,(H,16,17);2-9H,1,10-11H2,(H,16,17);2-8,14H,1H2. The van der Waals surface area contributed by atoms with Crippen molar-refractivity contribution in [3.8, 4) is 34.5 Å². The Morgan fingerprint density at radius 2 is 0.889 bits per heavy atom. The fraction of sp³-hybridized carbons (Fsp3) is 0.122. The van der Waals surface area contributed by atoms with E-state index < -0.39 is 32.4 Å². The summed E-state index contributed by atoms with van der Waals surface area (Å²) in [6.45, 7) is 28.5. The smallest absolute Gasteiger partial charge is 0.392 e. The van der Waals surface area contributed by atoms with Crippen LogP contribution in [-0.2, 0) is 50.8 Å². The maximum atomic E-state index is 11.3.